The first-order valence-corrected chi connectivity index (χ1v) is 6.50. The molecule has 2 N–H and O–H groups in total. The van der Waals surface area contributed by atoms with E-state index in [2.05, 4.69) is 15.2 Å². The maximum Gasteiger partial charge on any atom is 0.146 e. The van der Waals surface area contributed by atoms with Crippen molar-refractivity contribution in [1.29, 1.82) is 0 Å². The van der Waals surface area contributed by atoms with Crippen LogP contribution in [0.15, 0.2) is 58.9 Å². The molecule has 0 amide bonds. The molecule has 2 aromatic carbocycles. The van der Waals surface area contributed by atoms with E-state index in [4.69, 9.17) is 11.6 Å². The minimum Gasteiger partial charge on any atom is -0.506 e. The molecule has 0 bridgehead atoms. The van der Waals surface area contributed by atoms with Crippen molar-refractivity contribution in [2.24, 2.45) is 10.2 Å². The van der Waals surface area contributed by atoms with E-state index in [1.165, 1.54) is 6.07 Å². The molecule has 0 aliphatic heterocycles. The van der Waals surface area contributed by atoms with Crippen molar-refractivity contribution in [3.05, 3.63) is 53.7 Å². The van der Waals surface area contributed by atoms with Crippen molar-refractivity contribution in [2.45, 2.75) is 0 Å². The van der Waals surface area contributed by atoms with E-state index in [9.17, 15) is 10.2 Å². The molecule has 0 aliphatic rings. The van der Waals surface area contributed by atoms with Gasteiger partial charge < -0.3 is 10.2 Å². The third kappa shape index (κ3) is 2.64. The largest absolute Gasteiger partial charge is 0.506 e. The second-order valence-corrected chi connectivity index (χ2v) is 4.75. The predicted octanol–water partition coefficient (Wildman–Crippen LogP) is 4.71. The van der Waals surface area contributed by atoms with Crippen LogP contribution in [0.3, 0.4) is 0 Å². The highest BCUT2D eigenvalue weighted by molar-refractivity contribution is 6.32. The Hall–Kier alpha value is -2.66. The molecule has 1 heterocycles. The number of pyridine rings is 1. The van der Waals surface area contributed by atoms with Crippen molar-refractivity contribution in [2.75, 3.05) is 0 Å². The highest BCUT2D eigenvalue weighted by atomic mass is 35.5. The molecule has 0 saturated carbocycles. The van der Waals surface area contributed by atoms with Crippen LogP contribution >= 0.6 is 11.6 Å². The second-order valence-electron chi connectivity index (χ2n) is 4.34. The number of rotatable bonds is 2. The number of para-hydroxylation sites is 1. The summed E-state index contributed by atoms with van der Waals surface area (Å²) in [5, 5.41) is 28.2. The number of hydrogen-bond donors (Lipinski definition) is 2. The number of fused-ring (bicyclic) bond motifs is 1. The molecule has 0 atom stereocenters. The van der Waals surface area contributed by atoms with Crippen LogP contribution in [-0.2, 0) is 0 Å². The van der Waals surface area contributed by atoms with Gasteiger partial charge in [0.1, 0.15) is 22.9 Å². The fourth-order valence-electron chi connectivity index (χ4n) is 1.90. The number of hydrogen-bond acceptors (Lipinski definition) is 5. The average molecular weight is 300 g/mol. The molecule has 3 rings (SSSR count). The quantitative estimate of drug-likeness (QED) is 0.672. The maximum absolute atomic E-state index is 9.72. The molecular weight excluding hydrogens is 290 g/mol. The third-order valence-electron chi connectivity index (χ3n) is 2.92. The first kappa shape index (κ1) is 13.3. The molecule has 5 nitrogen and oxygen atoms in total. The summed E-state index contributed by atoms with van der Waals surface area (Å²) in [6.45, 7) is 0. The summed E-state index contributed by atoms with van der Waals surface area (Å²) in [5.74, 6) is -0.409. The van der Waals surface area contributed by atoms with E-state index in [-0.39, 0.29) is 22.2 Å². The van der Waals surface area contributed by atoms with Crippen LogP contribution in [0.4, 0.5) is 11.4 Å². The molecule has 6 heteroatoms. The summed E-state index contributed by atoms with van der Waals surface area (Å²) < 4.78 is 0. The highest BCUT2D eigenvalue weighted by Gasteiger charge is 2.07. The van der Waals surface area contributed by atoms with Crippen molar-refractivity contribution in [3.63, 3.8) is 0 Å². The lowest BCUT2D eigenvalue weighted by Crippen LogP contribution is -1.77. The number of halogens is 1. The van der Waals surface area contributed by atoms with Crippen LogP contribution in [0, 0.1) is 0 Å². The fraction of sp³-hybridized carbons (Fsp3) is 0. The predicted molar refractivity (Wildman–Crippen MR) is 80.7 cm³/mol. The molecule has 0 unspecified atom stereocenters. The summed E-state index contributed by atoms with van der Waals surface area (Å²) in [5.41, 5.74) is 1.47. The van der Waals surface area contributed by atoms with Gasteiger partial charge in [0.25, 0.3) is 0 Å². The Morgan fingerprint density at radius 1 is 0.905 bits per heavy atom. The van der Waals surface area contributed by atoms with Gasteiger partial charge in [0.05, 0.1) is 10.5 Å². The van der Waals surface area contributed by atoms with Gasteiger partial charge in [-0.3, -0.25) is 4.98 Å². The number of phenolic OH excluding ortho intramolecular Hbond substituents is 2. The lowest BCUT2D eigenvalue weighted by Gasteiger charge is -2.02. The molecule has 0 saturated heterocycles. The summed E-state index contributed by atoms with van der Waals surface area (Å²) >= 11 is 5.79. The Balaban J connectivity index is 2.04. The molecule has 1 aromatic heterocycles. The van der Waals surface area contributed by atoms with Gasteiger partial charge in [-0.05, 0) is 18.2 Å². The zero-order valence-corrected chi connectivity index (χ0v) is 11.5. The maximum atomic E-state index is 9.72. The third-order valence-corrected chi connectivity index (χ3v) is 3.22. The van der Waals surface area contributed by atoms with Gasteiger partial charge in [0.15, 0.2) is 0 Å². The molecule has 0 fully saturated rings. The standard InChI is InChI=1S/C15H10ClN3O2/c16-10-7-12(14(21)8-13(10)20)19-18-11-5-1-3-9-4-2-6-17-15(9)11/h1-8,20-21H/b19-18+. The van der Waals surface area contributed by atoms with Gasteiger partial charge in [-0.2, -0.15) is 0 Å². The van der Waals surface area contributed by atoms with Gasteiger partial charge in [-0.1, -0.05) is 29.8 Å². The number of aromatic hydroxyl groups is 2. The normalized spacial score (nSPS) is 11.3. The van der Waals surface area contributed by atoms with Crippen LogP contribution in [0.1, 0.15) is 0 Å². The Bertz CT molecular complexity index is 844. The SMILES string of the molecule is Oc1cc(O)c(/N=N/c2cccc3cccnc23)cc1Cl. The second kappa shape index (κ2) is 5.38. The molecule has 21 heavy (non-hydrogen) atoms. The first-order valence-electron chi connectivity index (χ1n) is 6.12. The summed E-state index contributed by atoms with van der Waals surface area (Å²) in [6.07, 6.45) is 1.68. The van der Waals surface area contributed by atoms with Crippen molar-refractivity contribution in [3.8, 4) is 11.5 Å². The highest BCUT2D eigenvalue weighted by Crippen LogP contribution is 2.37. The van der Waals surface area contributed by atoms with Crippen LogP contribution < -0.4 is 0 Å². The summed E-state index contributed by atoms with van der Waals surface area (Å²) in [4.78, 5) is 4.27. The lowest BCUT2D eigenvalue weighted by atomic mass is 10.2. The van der Waals surface area contributed by atoms with Gasteiger partial charge in [-0.25, -0.2) is 0 Å². The van der Waals surface area contributed by atoms with Crippen LogP contribution in [0.25, 0.3) is 10.9 Å². The lowest BCUT2D eigenvalue weighted by molar-refractivity contribution is 0.451. The Kier molecular flexibility index (Phi) is 3.41. The summed E-state index contributed by atoms with van der Waals surface area (Å²) in [7, 11) is 0. The zero-order chi connectivity index (χ0) is 14.8. The zero-order valence-electron chi connectivity index (χ0n) is 10.7. The molecule has 3 aromatic rings. The number of benzene rings is 2. The van der Waals surface area contributed by atoms with Crippen molar-refractivity contribution in [1.82, 2.24) is 4.98 Å². The monoisotopic (exact) mass is 299 g/mol. The Labute approximate surface area is 125 Å². The molecule has 0 spiro atoms. The van der Waals surface area contributed by atoms with E-state index in [1.54, 1.807) is 12.3 Å². The topological polar surface area (TPSA) is 78.1 Å². The molecule has 104 valence electrons. The number of azo groups is 1. The molecule has 0 aliphatic carbocycles. The van der Waals surface area contributed by atoms with Gasteiger partial charge in [-0.15, -0.1) is 10.2 Å². The van der Waals surface area contributed by atoms with Gasteiger partial charge in [0.2, 0.25) is 0 Å². The minimum absolute atomic E-state index is 0.0952. The smallest absolute Gasteiger partial charge is 0.146 e. The van der Waals surface area contributed by atoms with Crippen molar-refractivity contribution < 1.29 is 10.2 Å². The van der Waals surface area contributed by atoms with E-state index < -0.39 is 0 Å². The molecule has 0 radical (unpaired) electrons. The van der Waals surface area contributed by atoms with Gasteiger partial charge in [0, 0.05) is 17.6 Å². The fourth-order valence-corrected chi connectivity index (χ4v) is 2.05. The average Bonchev–Trinajstić information content (AvgIpc) is 2.49. The van der Waals surface area contributed by atoms with Crippen LogP contribution in [-0.4, -0.2) is 15.2 Å². The Morgan fingerprint density at radius 3 is 2.52 bits per heavy atom. The summed E-state index contributed by atoms with van der Waals surface area (Å²) in [6, 6.07) is 11.8. The van der Waals surface area contributed by atoms with Crippen molar-refractivity contribution >= 4 is 33.9 Å². The number of phenols is 2. The number of aromatic nitrogens is 1. The van der Waals surface area contributed by atoms with Crippen LogP contribution in [0.5, 0.6) is 11.5 Å². The minimum atomic E-state index is -0.208. The van der Waals surface area contributed by atoms with E-state index >= 15 is 0 Å². The van der Waals surface area contributed by atoms with E-state index in [0.29, 0.717) is 11.2 Å². The van der Waals surface area contributed by atoms with Gasteiger partial charge >= 0.3 is 0 Å². The first-order chi connectivity index (χ1) is 10.1. The van der Waals surface area contributed by atoms with E-state index in [1.807, 2.05) is 24.3 Å². The molecular formula is C15H10ClN3O2. The van der Waals surface area contributed by atoms with E-state index in [0.717, 1.165) is 11.5 Å². The number of nitrogens with zero attached hydrogens (tertiary/aromatic N) is 3. The Morgan fingerprint density at radius 2 is 1.67 bits per heavy atom. The van der Waals surface area contributed by atoms with Crippen LogP contribution in [0.2, 0.25) is 5.02 Å².